The van der Waals surface area contributed by atoms with E-state index < -0.39 is 10.0 Å². The van der Waals surface area contributed by atoms with E-state index in [2.05, 4.69) is 5.32 Å². The number of aliphatic hydroxyl groups excluding tert-OH is 1. The predicted molar refractivity (Wildman–Crippen MR) is 97.9 cm³/mol. The Kier molecular flexibility index (Phi) is 6.48. The number of carbonyl (C=O) groups is 1. The van der Waals surface area contributed by atoms with Gasteiger partial charge in [0.15, 0.2) is 0 Å². The minimum Gasteiger partial charge on any atom is -0.396 e. The van der Waals surface area contributed by atoms with E-state index in [0.717, 1.165) is 0 Å². The van der Waals surface area contributed by atoms with Crippen LogP contribution in [0.2, 0.25) is 0 Å². The summed E-state index contributed by atoms with van der Waals surface area (Å²) in [6, 6.07) is 6.05. The highest BCUT2D eigenvalue weighted by atomic mass is 32.2. The number of carbonyl (C=O) groups excluding carboxylic acids is 1. The van der Waals surface area contributed by atoms with Crippen LogP contribution in [0.4, 0.5) is 0 Å². The first-order valence-electron chi connectivity index (χ1n) is 9.12. The average Bonchev–Trinajstić information content (AvgIpc) is 2.73. The molecule has 27 heavy (non-hydrogen) atoms. The van der Waals surface area contributed by atoms with Gasteiger partial charge in [0.1, 0.15) is 0 Å². The van der Waals surface area contributed by atoms with Crippen molar-refractivity contribution < 1.29 is 27.8 Å². The maximum Gasteiger partial charge on any atom is 0.251 e. The second-order valence-corrected chi connectivity index (χ2v) is 8.94. The molecule has 0 aliphatic carbocycles. The van der Waals surface area contributed by atoms with Crippen molar-refractivity contribution in [1.29, 1.82) is 0 Å². The Hall–Kier alpha value is -1.52. The summed E-state index contributed by atoms with van der Waals surface area (Å²) in [5.41, 5.74) is -0.102. The van der Waals surface area contributed by atoms with E-state index >= 15 is 0 Å². The number of amides is 1. The third kappa shape index (κ3) is 4.67. The Labute approximate surface area is 159 Å². The predicted octanol–water partition coefficient (Wildman–Crippen LogP) is 0.226. The minimum absolute atomic E-state index is 0.0257. The number of hydrogen-bond donors (Lipinski definition) is 2. The SMILES string of the molecule is O=C(NCC1(CO)CCOCC1)c1cccc(S(=O)(=O)N2CCOCC2)c1. The molecule has 8 nitrogen and oxygen atoms in total. The molecule has 0 bridgehead atoms. The number of ether oxygens (including phenoxy) is 2. The lowest BCUT2D eigenvalue weighted by Crippen LogP contribution is -2.43. The Morgan fingerprint density at radius 2 is 1.81 bits per heavy atom. The van der Waals surface area contributed by atoms with Crippen molar-refractivity contribution in [3.63, 3.8) is 0 Å². The summed E-state index contributed by atoms with van der Waals surface area (Å²) in [4.78, 5) is 12.6. The number of hydrogen-bond acceptors (Lipinski definition) is 6. The molecule has 2 heterocycles. The van der Waals surface area contributed by atoms with E-state index in [4.69, 9.17) is 9.47 Å². The second kappa shape index (κ2) is 8.66. The first kappa shape index (κ1) is 20.2. The Morgan fingerprint density at radius 3 is 2.48 bits per heavy atom. The van der Waals surface area contributed by atoms with Gasteiger partial charge in [-0.2, -0.15) is 4.31 Å². The number of benzene rings is 1. The number of nitrogens with zero attached hydrogens (tertiary/aromatic N) is 1. The first-order valence-corrected chi connectivity index (χ1v) is 10.6. The fourth-order valence-corrected chi connectivity index (χ4v) is 4.75. The van der Waals surface area contributed by atoms with Crippen molar-refractivity contribution in [3.8, 4) is 0 Å². The topological polar surface area (TPSA) is 105 Å². The van der Waals surface area contributed by atoms with Crippen LogP contribution in [0.15, 0.2) is 29.2 Å². The molecule has 2 aliphatic heterocycles. The number of morpholine rings is 1. The smallest absolute Gasteiger partial charge is 0.251 e. The second-order valence-electron chi connectivity index (χ2n) is 7.00. The zero-order valence-electron chi connectivity index (χ0n) is 15.2. The highest BCUT2D eigenvalue weighted by Crippen LogP contribution is 2.29. The zero-order chi connectivity index (χ0) is 19.3. The quantitative estimate of drug-likeness (QED) is 0.711. The van der Waals surface area contributed by atoms with Crippen molar-refractivity contribution in [3.05, 3.63) is 29.8 Å². The molecule has 2 N–H and O–H groups in total. The van der Waals surface area contributed by atoms with Gasteiger partial charge in [-0.15, -0.1) is 0 Å². The third-order valence-corrected chi connectivity index (χ3v) is 7.11. The van der Waals surface area contributed by atoms with Crippen molar-refractivity contribution >= 4 is 15.9 Å². The Morgan fingerprint density at radius 1 is 1.15 bits per heavy atom. The van der Waals surface area contributed by atoms with Crippen molar-refractivity contribution in [2.75, 3.05) is 52.7 Å². The van der Waals surface area contributed by atoms with E-state index in [1.807, 2.05) is 0 Å². The van der Waals surface area contributed by atoms with Crippen LogP contribution in [0, 0.1) is 5.41 Å². The van der Waals surface area contributed by atoms with Crippen LogP contribution in [0.3, 0.4) is 0 Å². The van der Waals surface area contributed by atoms with Crippen LogP contribution >= 0.6 is 0 Å². The zero-order valence-corrected chi connectivity index (χ0v) is 16.0. The summed E-state index contributed by atoms with van der Waals surface area (Å²) in [6.45, 7) is 2.76. The molecule has 0 spiro atoms. The molecule has 1 amide bonds. The molecule has 0 saturated carbocycles. The molecule has 2 saturated heterocycles. The van der Waals surface area contributed by atoms with E-state index in [1.165, 1.54) is 16.4 Å². The summed E-state index contributed by atoms with van der Waals surface area (Å²) >= 11 is 0. The molecule has 1 aromatic rings. The molecule has 0 radical (unpaired) electrons. The van der Waals surface area contributed by atoms with Gasteiger partial charge in [-0.05, 0) is 31.0 Å². The van der Waals surface area contributed by atoms with Gasteiger partial charge in [0.05, 0.1) is 24.7 Å². The standard InChI is InChI=1S/C18H26N2O6S/c21-14-18(4-8-25-9-5-18)13-19-17(22)15-2-1-3-16(12-15)27(23,24)20-6-10-26-11-7-20/h1-3,12,21H,4-11,13-14H2,(H,19,22). The van der Waals surface area contributed by atoms with Crippen LogP contribution in [0.25, 0.3) is 0 Å². The lowest BCUT2D eigenvalue weighted by atomic mass is 9.81. The number of aliphatic hydroxyl groups is 1. The highest BCUT2D eigenvalue weighted by molar-refractivity contribution is 7.89. The van der Waals surface area contributed by atoms with Gasteiger partial charge >= 0.3 is 0 Å². The van der Waals surface area contributed by atoms with Gasteiger partial charge in [-0.1, -0.05) is 6.07 Å². The molecular weight excluding hydrogens is 372 g/mol. The minimum atomic E-state index is -3.65. The number of nitrogens with one attached hydrogen (secondary N) is 1. The van der Waals surface area contributed by atoms with Crippen LogP contribution in [-0.2, 0) is 19.5 Å². The molecular formula is C18H26N2O6S. The van der Waals surface area contributed by atoms with Crippen molar-refractivity contribution in [2.24, 2.45) is 5.41 Å². The van der Waals surface area contributed by atoms with Gasteiger partial charge in [0, 0.05) is 43.8 Å². The molecule has 0 unspecified atom stereocenters. The average molecular weight is 398 g/mol. The molecule has 2 aliphatic rings. The fourth-order valence-electron chi connectivity index (χ4n) is 3.30. The normalized spacial score (nSPS) is 20.9. The van der Waals surface area contributed by atoms with Crippen LogP contribution in [0.1, 0.15) is 23.2 Å². The summed E-state index contributed by atoms with van der Waals surface area (Å²) in [5.74, 6) is -0.353. The van der Waals surface area contributed by atoms with Crippen molar-refractivity contribution in [2.45, 2.75) is 17.7 Å². The third-order valence-electron chi connectivity index (χ3n) is 5.22. The highest BCUT2D eigenvalue weighted by Gasteiger charge is 2.32. The van der Waals surface area contributed by atoms with Gasteiger partial charge in [0.25, 0.3) is 5.91 Å². The maximum absolute atomic E-state index is 12.8. The van der Waals surface area contributed by atoms with Gasteiger partial charge in [0.2, 0.25) is 10.0 Å². The Bertz CT molecular complexity index is 755. The molecule has 0 aromatic heterocycles. The molecule has 150 valence electrons. The van der Waals surface area contributed by atoms with E-state index in [9.17, 15) is 18.3 Å². The van der Waals surface area contributed by atoms with E-state index in [0.29, 0.717) is 58.9 Å². The monoisotopic (exact) mass is 398 g/mol. The van der Waals surface area contributed by atoms with E-state index in [1.54, 1.807) is 12.1 Å². The maximum atomic E-state index is 12.8. The fraction of sp³-hybridized carbons (Fsp3) is 0.611. The number of rotatable bonds is 6. The van der Waals surface area contributed by atoms with Crippen LogP contribution < -0.4 is 5.32 Å². The lowest BCUT2D eigenvalue weighted by Gasteiger charge is -2.35. The molecule has 9 heteroatoms. The van der Waals surface area contributed by atoms with Gasteiger partial charge in [-0.3, -0.25) is 4.79 Å². The molecule has 2 fully saturated rings. The molecule has 0 atom stereocenters. The summed E-state index contributed by atoms with van der Waals surface area (Å²) < 4.78 is 37.4. The van der Waals surface area contributed by atoms with Crippen molar-refractivity contribution in [1.82, 2.24) is 9.62 Å². The summed E-state index contributed by atoms with van der Waals surface area (Å²) in [5, 5.41) is 12.6. The Balaban J connectivity index is 1.70. The molecule has 1 aromatic carbocycles. The van der Waals surface area contributed by atoms with Gasteiger partial charge < -0.3 is 19.9 Å². The first-order chi connectivity index (χ1) is 13.0. The summed E-state index contributed by atoms with van der Waals surface area (Å²) in [7, 11) is -3.65. The summed E-state index contributed by atoms with van der Waals surface area (Å²) in [6.07, 6.45) is 1.35. The van der Waals surface area contributed by atoms with Crippen LogP contribution in [-0.4, -0.2) is 76.4 Å². The van der Waals surface area contributed by atoms with Gasteiger partial charge in [-0.25, -0.2) is 8.42 Å². The lowest BCUT2D eigenvalue weighted by molar-refractivity contribution is -0.0146. The van der Waals surface area contributed by atoms with Crippen LogP contribution in [0.5, 0.6) is 0 Å². The molecule has 3 rings (SSSR count). The van der Waals surface area contributed by atoms with E-state index in [-0.39, 0.29) is 28.4 Å². The largest absolute Gasteiger partial charge is 0.396 e. The number of sulfonamides is 1.